The van der Waals surface area contributed by atoms with Gasteiger partial charge >= 0.3 is 6.18 Å². The zero-order valence-corrected chi connectivity index (χ0v) is 23.0. The molecule has 0 radical (unpaired) electrons. The molecular formula is C32H41F3N4. The minimum Gasteiger partial charge on any atom is -0.371 e. The molecule has 210 valence electrons. The van der Waals surface area contributed by atoms with Gasteiger partial charge in [-0.05, 0) is 87.4 Å². The van der Waals surface area contributed by atoms with Crippen LogP contribution in [0, 0.1) is 11.8 Å². The molecule has 0 spiro atoms. The van der Waals surface area contributed by atoms with Gasteiger partial charge in [0, 0.05) is 49.7 Å². The molecule has 1 atom stereocenters. The van der Waals surface area contributed by atoms with Crippen LogP contribution in [-0.4, -0.2) is 47.2 Å². The van der Waals surface area contributed by atoms with Crippen molar-refractivity contribution >= 4 is 5.69 Å². The highest BCUT2D eigenvalue weighted by Gasteiger charge is 2.48. The average molecular weight is 539 g/mol. The van der Waals surface area contributed by atoms with E-state index in [2.05, 4.69) is 62.8 Å². The van der Waals surface area contributed by atoms with E-state index in [1.54, 1.807) is 12.1 Å². The minimum atomic E-state index is -4.30. The average Bonchev–Trinajstić information content (AvgIpc) is 3.68. The standard InChI is InChI=1S/C32H41F3N4/c1-2-39(30-14-12-29(13-15-30)32(33,34)35)23-22-37-19-16-28(17-20-37)31(27-10-6-7-11-27,24-38-21-18-36-25-38)26-8-4-3-5-9-26/h3-5,8-9,12-15,18,21,25,27-28H,2,6-7,10-11,16-17,19-20,22-24H2,1H3. The number of piperidine rings is 1. The molecule has 1 aliphatic heterocycles. The summed E-state index contributed by atoms with van der Waals surface area (Å²) in [6.07, 6.45) is 9.22. The summed E-state index contributed by atoms with van der Waals surface area (Å²) in [5.41, 5.74) is 1.83. The molecule has 1 aromatic heterocycles. The maximum absolute atomic E-state index is 13.0. The van der Waals surface area contributed by atoms with E-state index in [0.717, 1.165) is 57.8 Å². The molecule has 0 amide bonds. The third kappa shape index (κ3) is 6.19. The van der Waals surface area contributed by atoms with Gasteiger partial charge < -0.3 is 14.4 Å². The largest absolute Gasteiger partial charge is 0.416 e. The van der Waals surface area contributed by atoms with Gasteiger partial charge in [0.2, 0.25) is 0 Å². The fourth-order valence-electron chi connectivity index (χ4n) is 7.29. The number of nitrogens with zero attached hydrogens (tertiary/aromatic N) is 4. The molecule has 0 bridgehead atoms. The highest BCUT2D eigenvalue weighted by atomic mass is 19.4. The molecule has 2 heterocycles. The maximum Gasteiger partial charge on any atom is 0.416 e. The Kier molecular flexibility index (Phi) is 8.65. The van der Waals surface area contributed by atoms with Crippen LogP contribution in [0.2, 0.25) is 0 Å². The van der Waals surface area contributed by atoms with Crippen LogP contribution in [0.25, 0.3) is 0 Å². The van der Waals surface area contributed by atoms with Gasteiger partial charge in [-0.2, -0.15) is 13.2 Å². The van der Waals surface area contributed by atoms with E-state index in [9.17, 15) is 13.2 Å². The van der Waals surface area contributed by atoms with Gasteiger partial charge in [-0.25, -0.2) is 4.98 Å². The van der Waals surface area contributed by atoms with Gasteiger partial charge in [0.05, 0.1) is 11.9 Å². The van der Waals surface area contributed by atoms with Crippen molar-refractivity contribution in [1.29, 1.82) is 0 Å². The van der Waals surface area contributed by atoms with Crippen molar-refractivity contribution in [3.05, 3.63) is 84.4 Å². The summed E-state index contributed by atoms with van der Waals surface area (Å²) in [6, 6.07) is 16.8. The molecule has 2 aromatic carbocycles. The maximum atomic E-state index is 13.0. The van der Waals surface area contributed by atoms with Crippen molar-refractivity contribution in [3.8, 4) is 0 Å². The number of likely N-dealkylation sites (N-methyl/N-ethyl adjacent to an activating group) is 1. The molecular weight excluding hydrogens is 497 g/mol. The highest BCUT2D eigenvalue weighted by Crippen LogP contribution is 2.51. The lowest BCUT2D eigenvalue weighted by molar-refractivity contribution is -0.137. The third-order valence-electron chi connectivity index (χ3n) is 9.34. The van der Waals surface area contributed by atoms with Crippen LogP contribution in [-0.2, 0) is 18.1 Å². The Morgan fingerprint density at radius 3 is 2.13 bits per heavy atom. The number of aromatic nitrogens is 2. The summed E-state index contributed by atoms with van der Waals surface area (Å²) in [5, 5.41) is 0. The van der Waals surface area contributed by atoms with Gasteiger partial charge in [0.15, 0.2) is 0 Å². The van der Waals surface area contributed by atoms with Crippen LogP contribution in [0.1, 0.15) is 56.6 Å². The lowest BCUT2D eigenvalue weighted by atomic mass is 9.59. The van der Waals surface area contributed by atoms with Crippen molar-refractivity contribution in [2.75, 3.05) is 37.6 Å². The van der Waals surface area contributed by atoms with E-state index < -0.39 is 11.7 Å². The first-order valence-corrected chi connectivity index (χ1v) is 14.6. The van der Waals surface area contributed by atoms with Crippen LogP contribution in [0.3, 0.4) is 0 Å². The molecule has 4 nitrogen and oxygen atoms in total. The molecule has 1 unspecified atom stereocenters. The van der Waals surface area contributed by atoms with Crippen LogP contribution in [0.15, 0.2) is 73.3 Å². The minimum absolute atomic E-state index is 0.0975. The Hall–Kier alpha value is -2.80. The highest BCUT2D eigenvalue weighted by molar-refractivity contribution is 5.48. The van der Waals surface area contributed by atoms with E-state index in [0.29, 0.717) is 11.8 Å². The van der Waals surface area contributed by atoms with Crippen LogP contribution >= 0.6 is 0 Å². The number of halogens is 3. The Bertz CT molecular complexity index is 1130. The third-order valence-corrected chi connectivity index (χ3v) is 9.34. The second kappa shape index (κ2) is 12.2. The molecule has 1 saturated carbocycles. The molecule has 0 N–H and O–H groups in total. The first-order chi connectivity index (χ1) is 18.9. The Balaban J connectivity index is 1.28. The van der Waals surface area contributed by atoms with E-state index in [-0.39, 0.29) is 5.41 Å². The number of anilines is 1. The first-order valence-electron chi connectivity index (χ1n) is 14.6. The quantitative estimate of drug-likeness (QED) is 0.271. The van der Waals surface area contributed by atoms with Crippen molar-refractivity contribution in [2.24, 2.45) is 11.8 Å². The molecule has 39 heavy (non-hydrogen) atoms. The fourth-order valence-corrected chi connectivity index (χ4v) is 7.29. The topological polar surface area (TPSA) is 24.3 Å². The number of benzene rings is 2. The SMILES string of the molecule is CCN(CCN1CCC(C(Cn2ccnc2)(c2ccccc2)C2CCCC2)CC1)c1ccc(C(F)(F)F)cc1. The Labute approximate surface area is 230 Å². The Morgan fingerprint density at radius 1 is 0.872 bits per heavy atom. The molecule has 2 fully saturated rings. The fraction of sp³-hybridized carbons (Fsp3) is 0.531. The zero-order chi connectivity index (χ0) is 27.3. The monoisotopic (exact) mass is 538 g/mol. The molecule has 1 saturated heterocycles. The van der Waals surface area contributed by atoms with Crippen molar-refractivity contribution in [1.82, 2.24) is 14.5 Å². The van der Waals surface area contributed by atoms with Crippen LogP contribution < -0.4 is 4.90 Å². The van der Waals surface area contributed by atoms with Crippen LogP contribution in [0.5, 0.6) is 0 Å². The summed E-state index contributed by atoms with van der Waals surface area (Å²) >= 11 is 0. The summed E-state index contributed by atoms with van der Waals surface area (Å²) < 4.78 is 41.3. The Morgan fingerprint density at radius 2 is 1.54 bits per heavy atom. The zero-order valence-electron chi connectivity index (χ0n) is 23.0. The lowest BCUT2D eigenvalue weighted by Gasteiger charge is -2.49. The van der Waals surface area contributed by atoms with Gasteiger partial charge in [-0.15, -0.1) is 0 Å². The summed E-state index contributed by atoms with van der Waals surface area (Å²) in [6.45, 7) is 7.66. The predicted molar refractivity (Wildman–Crippen MR) is 151 cm³/mol. The number of alkyl halides is 3. The number of rotatable bonds is 10. The van der Waals surface area contributed by atoms with Crippen LogP contribution in [0.4, 0.5) is 18.9 Å². The first kappa shape index (κ1) is 27.8. The van der Waals surface area contributed by atoms with Gasteiger partial charge in [0.25, 0.3) is 0 Å². The summed E-state index contributed by atoms with van der Waals surface area (Å²) in [5.74, 6) is 1.27. The smallest absolute Gasteiger partial charge is 0.371 e. The van der Waals surface area contributed by atoms with Gasteiger partial charge in [-0.3, -0.25) is 0 Å². The van der Waals surface area contributed by atoms with Crippen molar-refractivity contribution < 1.29 is 13.2 Å². The van der Waals surface area contributed by atoms with Gasteiger partial charge in [-0.1, -0.05) is 43.2 Å². The van der Waals surface area contributed by atoms with E-state index in [1.165, 1.54) is 43.4 Å². The molecule has 5 rings (SSSR count). The predicted octanol–water partition coefficient (Wildman–Crippen LogP) is 7.27. The number of hydrogen-bond acceptors (Lipinski definition) is 3. The molecule has 1 aliphatic carbocycles. The van der Waals surface area contributed by atoms with Crippen molar-refractivity contribution in [2.45, 2.75) is 63.6 Å². The number of hydrogen-bond donors (Lipinski definition) is 0. The number of imidazole rings is 1. The lowest BCUT2D eigenvalue weighted by Crippen LogP contribution is -2.50. The van der Waals surface area contributed by atoms with E-state index in [4.69, 9.17) is 0 Å². The molecule has 2 aliphatic rings. The molecule has 7 heteroatoms. The normalized spacial score (nSPS) is 19.3. The van der Waals surface area contributed by atoms with E-state index >= 15 is 0 Å². The van der Waals surface area contributed by atoms with Gasteiger partial charge in [0.1, 0.15) is 0 Å². The second-order valence-corrected chi connectivity index (χ2v) is 11.4. The summed E-state index contributed by atoms with van der Waals surface area (Å²) in [4.78, 5) is 9.09. The summed E-state index contributed by atoms with van der Waals surface area (Å²) in [7, 11) is 0. The number of likely N-dealkylation sites (tertiary alicyclic amines) is 1. The second-order valence-electron chi connectivity index (χ2n) is 11.4. The van der Waals surface area contributed by atoms with E-state index in [1.807, 2.05) is 12.5 Å². The van der Waals surface area contributed by atoms with Crippen molar-refractivity contribution in [3.63, 3.8) is 0 Å². The molecule has 3 aromatic rings.